The van der Waals surface area contributed by atoms with E-state index in [-0.39, 0.29) is 0 Å². The fourth-order valence-corrected chi connectivity index (χ4v) is 8.44. The molecule has 0 saturated heterocycles. The van der Waals surface area contributed by atoms with Crippen molar-refractivity contribution in [2.24, 2.45) is 0 Å². The number of hydrogen-bond acceptors (Lipinski definition) is 1. The van der Waals surface area contributed by atoms with E-state index in [0.717, 1.165) is 5.75 Å². The van der Waals surface area contributed by atoms with Crippen molar-refractivity contribution in [1.29, 1.82) is 0 Å². The molecule has 1 rings (SSSR count). The van der Waals surface area contributed by atoms with Gasteiger partial charge < -0.3 is 4.43 Å². The van der Waals surface area contributed by atoms with Crippen molar-refractivity contribution in [3.63, 3.8) is 0 Å². The normalized spacial score (nSPS) is 12.0. The summed E-state index contributed by atoms with van der Waals surface area (Å²) in [4.78, 5) is 3.58. The first-order valence-corrected chi connectivity index (χ1v) is 9.15. The van der Waals surface area contributed by atoms with Crippen LogP contribution in [-0.2, 0) is 0 Å². The van der Waals surface area contributed by atoms with Gasteiger partial charge in [-0.05, 0) is 22.7 Å². The van der Waals surface area contributed by atoms with Gasteiger partial charge in [0.05, 0.1) is 6.57 Å². The lowest BCUT2D eigenvalue weighted by Crippen LogP contribution is -2.50. The third kappa shape index (κ3) is 3.01. The molecule has 104 valence electrons. The molecule has 0 aromatic heterocycles. The van der Waals surface area contributed by atoms with E-state index in [4.69, 9.17) is 11.0 Å². The van der Waals surface area contributed by atoms with Gasteiger partial charge in [-0.1, -0.05) is 59.7 Å². The molecule has 1 aromatic carbocycles. The number of nitrogens with zero attached hydrogens (tertiary/aromatic N) is 1. The standard InChI is InChI=1S/C16H25NOSi/c1-12(2)19(13(3)4,14(5)6)18-16-11-9-8-10-15(16)17-7/h8-14H,1-6H3. The van der Waals surface area contributed by atoms with E-state index in [1.54, 1.807) is 0 Å². The maximum absolute atomic E-state index is 7.27. The Morgan fingerprint density at radius 1 is 0.947 bits per heavy atom. The highest BCUT2D eigenvalue weighted by Crippen LogP contribution is 2.44. The SMILES string of the molecule is [C-]#[N+]c1ccccc1O[Si](C(C)C)(C(C)C)C(C)C. The predicted molar refractivity (Wildman–Crippen MR) is 84.4 cm³/mol. The van der Waals surface area contributed by atoms with E-state index in [0.29, 0.717) is 22.3 Å². The van der Waals surface area contributed by atoms with E-state index in [1.165, 1.54) is 0 Å². The second-order valence-electron chi connectivity index (χ2n) is 6.00. The van der Waals surface area contributed by atoms with Crippen molar-refractivity contribution in [2.45, 2.75) is 58.2 Å². The fourth-order valence-electron chi connectivity index (χ4n) is 3.18. The van der Waals surface area contributed by atoms with Crippen LogP contribution in [0.4, 0.5) is 5.69 Å². The molecule has 0 amide bonds. The highest BCUT2D eigenvalue weighted by Gasteiger charge is 2.47. The van der Waals surface area contributed by atoms with Crippen LogP contribution in [0.1, 0.15) is 41.5 Å². The molecule has 0 atom stereocenters. The molecule has 0 unspecified atom stereocenters. The van der Waals surface area contributed by atoms with Crippen LogP contribution < -0.4 is 4.43 Å². The van der Waals surface area contributed by atoms with E-state index < -0.39 is 8.32 Å². The van der Waals surface area contributed by atoms with Gasteiger partial charge in [0.25, 0.3) is 8.32 Å². The van der Waals surface area contributed by atoms with Crippen LogP contribution in [0.3, 0.4) is 0 Å². The Labute approximate surface area is 118 Å². The maximum atomic E-state index is 7.27. The van der Waals surface area contributed by atoms with E-state index in [2.05, 4.69) is 46.4 Å². The van der Waals surface area contributed by atoms with Crippen molar-refractivity contribution in [2.75, 3.05) is 0 Å². The minimum atomic E-state index is -1.96. The average Bonchev–Trinajstić information content (AvgIpc) is 2.34. The number of para-hydroxylation sites is 2. The van der Waals surface area contributed by atoms with Crippen LogP contribution in [0.15, 0.2) is 24.3 Å². The first kappa shape index (κ1) is 15.8. The summed E-state index contributed by atoms with van der Waals surface area (Å²) in [6, 6.07) is 7.61. The van der Waals surface area contributed by atoms with Crippen molar-refractivity contribution in [3.8, 4) is 5.75 Å². The molecule has 19 heavy (non-hydrogen) atoms. The molecule has 0 heterocycles. The second-order valence-corrected chi connectivity index (χ2v) is 11.4. The topological polar surface area (TPSA) is 13.6 Å². The first-order chi connectivity index (χ1) is 8.86. The molecule has 3 heteroatoms. The average molecular weight is 275 g/mol. The van der Waals surface area contributed by atoms with Gasteiger partial charge in [0.15, 0.2) is 0 Å². The van der Waals surface area contributed by atoms with Gasteiger partial charge in [-0.2, -0.15) is 0 Å². The van der Waals surface area contributed by atoms with Crippen LogP contribution in [0.5, 0.6) is 5.75 Å². The van der Waals surface area contributed by atoms with Crippen LogP contribution >= 0.6 is 0 Å². The van der Waals surface area contributed by atoms with Crippen molar-refractivity contribution in [3.05, 3.63) is 35.7 Å². The van der Waals surface area contributed by atoms with Gasteiger partial charge in [-0.15, -0.1) is 0 Å². The Morgan fingerprint density at radius 2 is 1.42 bits per heavy atom. The minimum absolute atomic E-state index is 0.520. The summed E-state index contributed by atoms with van der Waals surface area (Å²) >= 11 is 0. The van der Waals surface area contributed by atoms with Crippen LogP contribution in [0.25, 0.3) is 4.85 Å². The lowest BCUT2D eigenvalue weighted by molar-refractivity contribution is 0.482. The quantitative estimate of drug-likeness (QED) is 0.489. The fraction of sp³-hybridized carbons (Fsp3) is 0.562. The van der Waals surface area contributed by atoms with Crippen LogP contribution in [0.2, 0.25) is 16.6 Å². The Kier molecular flexibility index (Phi) is 5.19. The van der Waals surface area contributed by atoms with Crippen LogP contribution in [0, 0.1) is 6.57 Å². The van der Waals surface area contributed by atoms with Gasteiger partial charge in [-0.25, -0.2) is 4.85 Å². The van der Waals surface area contributed by atoms with E-state index in [1.807, 2.05) is 24.3 Å². The zero-order valence-electron chi connectivity index (χ0n) is 12.9. The first-order valence-electron chi connectivity index (χ1n) is 7.01. The number of benzene rings is 1. The molecule has 0 fully saturated rings. The van der Waals surface area contributed by atoms with Crippen molar-refractivity contribution >= 4 is 14.0 Å². The Hall–Kier alpha value is -1.27. The Balaban J connectivity index is 3.26. The molecule has 0 radical (unpaired) electrons. The van der Waals surface area contributed by atoms with Gasteiger partial charge in [0, 0.05) is 0 Å². The largest absolute Gasteiger partial charge is 0.550 e. The number of rotatable bonds is 5. The molecule has 0 N–H and O–H groups in total. The summed E-state index contributed by atoms with van der Waals surface area (Å²) in [5.41, 5.74) is 2.19. The molecular weight excluding hydrogens is 250 g/mol. The predicted octanol–water partition coefficient (Wildman–Crippen LogP) is 5.79. The monoisotopic (exact) mass is 275 g/mol. The lowest BCUT2D eigenvalue weighted by atomic mass is 10.3. The zero-order chi connectivity index (χ0) is 14.6. The molecule has 0 aliphatic heterocycles. The van der Waals surface area contributed by atoms with E-state index in [9.17, 15) is 0 Å². The maximum Gasteiger partial charge on any atom is 0.257 e. The van der Waals surface area contributed by atoms with Gasteiger partial charge in [0.2, 0.25) is 5.69 Å². The van der Waals surface area contributed by atoms with Gasteiger partial charge in [0.1, 0.15) is 5.75 Å². The summed E-state index contributed by atoms with van der Waals surface area (Å²) in [5, 5.41) is 0. The summed E-state index contributed by atoms with van der Waals surface area (Å²) in [6.45, 7) is 20.8. The van der Waals surface area contributed by atoms with Gasteiger partial charge >= 0.3 is 0 Å². The molecule has 0 saturated carbocycles. The summed E-state index contributed by atoms with van der Waals surface area (Å²) in [5.74, 6) is 0.764. The molecule has 0 aliphatic carbocycles. The molecule has 1 aromatic rings. The third-order valence-corrected chi connectivity index (χ3v) is 9.97. The Bertz CT molecular complexity index is 438. The Morgan fingerprint density at radius 3 is 1.84 bits per heavy atom. The van der Waals surface area contributed by atoms with E-state index >= 15 is 0 Å². The highest BCUT2D eigenvalue weighted by atomic mass is 28.4. The molecule has 0 aliphatic rings. The summed E-state index contributed by atoms with van der Waals surface area (Å²) in [6.07, 6.45) is 0. The molecule has 0 bridgehead atoms. The van der Waals surface area contributed by atoms with Crippen molar-refractivity contribution < 1.29 is 4.43 Å². The van der Waals surface area contributed by atoms with Crippen molar-refractivity contribution in [1.82, 2.24) is 0 Å². The smallest absolute Gasteiger partial charge is 0.257 e. The minimum Gasteiger partial charge on any atom is -0.550 e. The third-order valence-electron chi connectivity index (χ3n) is 3.98. The summed E-state index contributed by atoms with van der Waals surface area (Å²) < 4.78 is 6.53. The lowest BCUT2D eigenvalue weighted by Gasteiger charge is -2.42. The molecule has 0 spiro atoms. The molecule has 2 nitrogen and oxygen atoms in total. The van der Waals surface area contributed by atoms with Gasteiger partial charge in [-0.3, -0.25) is 0 Å². The molecular formula is C16H25NOSi. The summed E-state index contributed by atoms with van der Waals surface area (Å²) in [7, 11) is -1.96. The second kappa shape index (κ2) is 6.25. The highest BCUT2D eigenvalue weighted by molar-refractivity contribution is 6.78. The van der Waals surface area contributed by atoms with Crippen LogP contribution in [-0.4, -0.2) is 8.32 Å². The zero-order valence-corrected chi connectivity index (χ0v) is 13.9. The number of hydrogen-bond donors (Lipinski definition) is 0.